The van der Waals surface area contributed by atoms with Gasteiger partial charge in [-0.05, 0) is 31.4 Å². The van der Waals surface area contributed by atoms with Gasteiger partial charge in [0.15, 0.2) is 0 Å². The SMILES string of the molecule is Cc1cccc(-c2cncc(C(=O)NCCCCC(=O)O)c2)c1. The van der Waals surface area contributed by atoms with Gasteiger partial charge in [-0.2, -0.15) is 0 Å². The number of hydrogen-bond donors (Lipinski definition) is 2. The fourth-order valence-electron chi connectivity index (χ4n) is 2.25. The average Bonchev–Trinajstić information content (AvgIpc) is 2.54. The van der Waals surface area contributed by atoms with Crippen LogP contribution in [0.5, 0.6) is 0 Å². The number of pyridine rings is 1. The molecule has 2 N–H and O–H groups in total. The Hall–Kier alpha value is -2.69. The molecule has 0 atom stereocenters. The van der Waals surface area contributed by atoms with Crippen molar-refractivity contribution >= 4 is 11.9 Å². The van der Waals surface area contributed by atoms with Crippen LogP contribution in [-0.2, 0) is 4.79 Å². The maximum Gasteiger partial charge on any atom is 0.303 e. The third-order valence-corrected chi connectivity index (χ3v) is 3.45. The van der Waals surface area contributed by atoms with Crippen LogP contribution in [-0.4, -0.2) is 28.5 Å². The number of nitrogens with one attached hydrogen (secondary N) is 1. The number of hydrogen-bond acceptors (Lipinski definition) is 3. The van der Waals surface area contributed by atoms with E-state index in [1.165, 1.54) is 6.20 Å². The van der Waals surface area contributed by atoms with Gasteiger partial charge in [-0.3, -0.25) is 14.6 Å². The number of benzene rings is 1. The van der Waals surface area contributed by atoms with Gasteiger partial charge in [-0.1, -0.05) is 29.8 Å². The van der Waals surface area contributed by atoms with Gasteiger partial charge < -0.3 is 10.4 Å². The topological polar surface area (TPSA) is 79.3 Å². The molecule has 0 aliphatic rings. The highest BCUT2D eigenvalue weighted by Gasteiger charge is 2.08. The minimum absolute atomic E-state index is 0.125. The van der Waals surface area contributed by atoms with Crippen LogP contribution in [0.25, 0.3) is 11.1 Å². The fraction of sp³-hybridized carbons (Fsp3) is 0.278. The zero-order valence-corrected chi connectivity index (χ0v) is 13.1. The molecule has 120 valence electrons. The molecule has 1 aromatic heterocycles. The second-order valence-electron chi connectivity index (χ2n) is 5.44. The molecule has 0 spiro atoms. The lowest BCUT2D eigenvalue weighted by atomic mass is 10.0. The van der Waals surface area contributed by atoms with Crippen LogP contribution in [0.3, 0.4) is 0 Å². The van der Waals surface area contributed by atoms with Gasteiger partial charge in [0, 0.05) is 30.9 Å². The quantitative estimate of drug-likeness (QED) is 0.770. The third-order valence-electron chi connectivity index (χ3n) is 3.45. The van der Waals surface area contributed by atoms with Crippen LogP contribution < -0.4 is 5.32 Å². The number of amides is 1. The number of carbonyl (C=O) groups excluding carboxylic acids is 1. The first kappa shape index (κ1) is 16.7. The van der Waals surface area contributed by atoms with E-state index in [9.17, 15) is 9.59 Å². The van der Waals surface area contributed by atoms with Gasteiger partial charge in [0.2, 0.25) is 0 Å². The van der Waals surface area contributed by atoms with E-state index < -0.39 is 5.97 Å². The second kappa shape index (κ2) is 8.08. The molecule has 5 heteroatoms. The van der Waals surface area contributed by atoms with Crippen LogP contribution in [0.4, 0.5) is 0 Å². The Bertz CT molecular complexity index is 698. The Morgan fingerprint density at radius 2 is 1.96 bits per heavy atom. The summed E-state index contributed by atoms with van der Waals surface area (Å²) in [4.78, 5) is 26.7. The van der Waals surface area contributed by atoms with E-state index in [1.54, 1.807) is 6.20 Å². The summed E-state index contributed by atoms with van der Waals surface area (Å²) < 4.78 is 0. The second-order valence-corrected chi connectivity index (χ2v) is 5.44. The normalized spacial score (nSPS) is 10.3. The van der Waals surface area contributed by atoms with Gasteiger partial charge in [-0.25, -0.2) is 0 Å². The number of rotatable bonds is 7. The van der Waals surface area contributed by atoms with E-state index in [1.807, 2.05) is 37.3 Å². The molecule has 2 aromatic rings. The van der Waals surface area contributed by atoms with Crippen molar-refractivity contribution in [1.82, 2.24) is 10.3 Å². The summed E-state index contributed by atoms with van der Waals surface area (Å²) in [5.41, 5.74) is 3.57. The first-order valence-corrected chi connectivity index (χ1v) is 7.58. The van der Waals surface area contributed by atoms with Gasteiger partial charge >= 0.3 is 5.97 Å². The summed E-state index contributed by atoms with van der Waals surface area (Å²) >= 11 is 0. The van der Waals surface area contributed by atoms with Crippen molar-refractivity contribution in [3.63, 3.8) is 0 Å². The molecule has 5 nitrogen and oxygen atoms in total. The minimum Gasteiger partial charge on any atom is -0.481 e. The summed E-state index contributed by atoms with van der Waals surface area (Å²) in [7, 11) is 0. The van der Waals surface area contributed by atoms with Crippen LogP contribution in [0.2, 0.25) is 0 Å². The maximum absolute atomic E-state index is 12.1. The van der Waals surface area contributed by atoms with Crippen LogP contribution in [0, 0.1) is 6.92 Å². The third kappa shape index (κ3) is 5.21. The minimum atomic E-state index is -0.814. The Kier molecular flexibility index (Phi) is 5.86. The molecule has 0 radical (unpaired) electrons. The summed E-state index contributed by atoms with van der Waals surface area (Å²) in [5.74, 6) is -1.01. The molecule has 0 saturated heterocycles. The van der Waals surface area contributed by atoms with Crippen molar-refractivity contribution in [2.75, 3.05) is 6.54 Å². The number of aliphatic carboxylic acids is 1. The molecule has 0 saturated carbocycles. The fourth-order valence-corrected chi connectivity index (χ4v) is 2.25. The molecule has 0 bridgehead atoms. The number of carbonyl (C=O) groups is 2. The van der Waals surface area contributed by atoms with E-state index in [0.29, 0.717) is 24.9 Å². The van der Waals surface area contributed by atoms with Gasteiger partial charge in [0.05, 0.1) is 5.56 Å². The molecule has 1 amide bonds. The summed E-state index contributed by atoms with van der Waals surface area (Å²) in [6.07, 6.45) is 4.59. The lowest BCUT2D eigenvalue weighted by Crippen LogP contribution is -2.24. The predicted molar refractivity (Wildman–Crippen MR) is 88.2 cm³/mol. The summed E-state index contributed by atoms with van der Waals surface area (Å²) in [5, 5.41) is 11.4. The molecular weight excluding hydrogens is 292 g/mol. The van der Waals surface area contributed by atoms with Crippen LogP contribution >= 0.6 is 0 Å². The Morgan fingerprint density at radius 1 is 1.13 bits per heavy atom. The Morgan fingerprint density at radius 3 is 2.70 bits per heavy atom. The lowest BCUT2D eigenvalue weighted by molar-refractivity contribution is -0.137. The number of carboxylic acids is 1. The first-order valence-electron chi connectivity index (χ1n) is 7.58. The summed E-state index contributed by atoms with van der Waals surface area (Å²) in [6, 6.07) is 9.83. The maximum atomic E-state index is 12.1. The van der Waals surface area contributed by atoms with E-state index in [-0.39, 0.29) is 12.3 Å². The molecular formula is C18H20N2O3. The largest absolute Gasteiger partial charge is 0.481 e. The average molecular weight is 312 g/mol. The van der Waals surface area contributed by atoms with Gasteiger partial charge in [0.25, 0.3) is 5.91 Å². The number of nitrogens with zero attached hydrogens (tertiary/aromatic N) is 1. The number of unbranched alkanes of at least 4 members (excludes halogenated alkanes) is 1. The molecule has 0 aliphatic carbocycles. The number of carboxylic acid groups (broad SMARTS) is 1. The van der Waals surface area contributed by atoms with E-state index in [0.717, 1.165) is 16.7 Å². The highest BCUT2D eigenvalue weighted by atomic mass is 16.4. The van der Waals surface area contributed by atoms with Crippen molar-refractivity contribution in [2.45, 2.75) is 26.2 Å². The molecule has 1 heterocycles. The molecule has 0 unspecified atom stereocenters. The smallest absolute Gasteiger partial charge is 0.303 e. The monoisotopic (exact) mass is 312 g/mol. The van der Waals surface area contributed by atoms with Crippen LogP contribution in [0.15, 0.2) is 42.7 Å². The Balaban J connectivity index is 1.96. The molecule has 23 heavy (non-hydrogen) atoms. The van der Waals surface area contributed by atoms with Crippen molar-refractivity contribution < 1.29 is 14.7 Å². The predicted octanol–water partition coefficient (Wildman–Crippen LogP) is 3.04. The molecule has 2 rings (SSSR count). The van der Waals surface area contributed by atoms with Crippen molar-refractivity contribution in [3.8, 4) is 11.1 Å². The zero-order chi connectivity index (χ0) is 16.7. The number of aryl methyl sites for hydroxylation is 1. The van der Waals surface area contributed by atoms with E-state index in [4.69, 9.17) is 5.11 Å². The van der Waals surface area contributed by atoms with E-state index in [2.05, 4.69) is 10.3 Å². The van der Waals surface area contributed by atoms with Gasteiger partial charge in [-0.15, -0.1) is 0 Å². The molecule has 0 aliphatic heterocycles. The molecule has 0 fully saturated rings. The standard InChI is InChI=1S/C18H20N2O3/c1-13-5-4-6-14(9-13)15-10-16(12-19-11-15)18(23)20-8-3-2-7-17(21)22/h4-6,9-12H,2-3,7-8H2,1H3,(H,20,23)(H,21,22). The highest BCUT2D eigenvalue weighted by molar-refractivity contribution is 5.95. The highest BCUT2D eigenvalue weighted by Crippen LogP contribution is 2.20. The van der Waals surface area contributed by atoms with E-state index >= 15 is 0 Å². The summed E-state index contributed by atoms with van der Waals surface area (Å²) in [6.45, 7) is 2.48. The van der Waals surface area contributed by atoms with Gasteiger partial charge in [0.1, 0.15) is 0 Å². The lowest BCUT2D eigenvalue weighted by Gasteiger charge is -2.07. The zero-order valence-electron chi connectivity index (χ0n) is 13.1. The van der Waals surface area contributed by atoms with Crippen molar-refractivity contribution in [3.05, 3.63) is 53.9 Å². The van der Waals surface area contributed by atoms with Crippen molar-refractivity contribution in [2.24, 2.45) is 0 Å². The molecule has 1 aromatic carbocycles. The van der Waals surface area contributed by atoms with Crippen LogP contribution in [0.1, 0.15) is 35.2 Å². The Labute approximate surface area is 135 Å². The van der Waals surface area contributed by atoms with Crippen molar-refractivity contribution in [1.29, 1.82) is 0 Å². The number of aromatic nitrogens is 1. The first-order chi connectivity index (χ1) is 11.1.